The third-order valence-corrected chi connectivity index (χ3v) is 3.64. The van der Waals surface area contributed by atoms with E-state index in [-0.39, 0.29) is 19.1 Å². The molecular weight excluding hydrogens is 320 g/mol. The number of hydrazine groups is 1. The topological polar surface area (TPSA) is 85.2 Å². The summed E-state index contributed by atoms with van der Waals surface area (Å²) < 4.78 is 7.13. The molecule has 2 N–H and O–H groups in total. The lowest BCUT2D eigenvalue weighted by Gasteiger charge is -2.14. The van der Waals surface area contributed by atoms with E-state index in [0.29, 0.717) is 11.7 Å². The summed E-state index contributed by atoms with van der Waals surface area (Å²) in [6.07, 6.45) is 0. The second kappa shape index (κ2) is 8.32. The molecule has 2 rings (SSSR count). The van der Waals surface area contributed by atoms with E-state index in [9.17, 15) is 9.59 Å². The molecule has 0 saturated heterocycles. The number of carbonyl (C=O) groups is 2. The van der Waals surface area contributed by atoms with Crippen molar-refractivity contribution >= 4 is 11.8 Å². The number of nitrogens with zero attached hydrogens (tertiary/aromatic N) is 2. The molecule has 0 aliphatic rings. The predicted molar refractivity (Wildman–Crippen MR) is 94.0 cm³/mol. The molecule has 0 bridgehead atoms. The lowest BCUT2D eigenvalue weighted by Crippen LogP contribution is -2.45. The standard InChI is InChI=1S/C18H24N4O3/c1-12(2)15-7-5-6-8-16(15)25-11-18(24)20-19-17(23)10-22-14(4)9-13(3)21-22/h5-9,12H,10-11H2,1-4H3,(H,19,23)(H,20,24). The van der Waals surface area contributed by atoms with Gasteiger partial charge in [0, 0.05) is 5.69 Å². The van der Waals surface area contributed by atoms with Gasteiger partial charge in [-0.2, -0.15) is 5.10 Å². The summed E-state index contributed by atoms with van der Waals surface area (Å²) in [6, 6.07) is 9.46. The maximum absolute atomic E-state index is 11.9. The zero-order valence-corrected chi connectivity index (χ0v) is 15.0. The van der Waals surface area contributed by atoms with Crippen molar-refractivity contribution in [2.45, 2.75) is 40.2 Å². The van der Waals surface area contributed by atoms with Gasteiger partial charge in [0.05, 0.1) is 5.69 Å². The molecule has 134 valence electrons. The van der Waals surface area contributed by atoms with E-state index < -0.39 is 5.91 Å². The van der Waals surface area contributed by atoms with Gasteiger partial charge in [0.15, 0.2) is 6.61 Å². The molecule has 0 unspecified atom stereocenters. The monoisotopic (exact) mass is 344 g/mol. The Balaban J connectivity index is 1.79. The molecular formula is C18H24N4O3. The number of amides is 2. The number of rotatable bonds is 6. The van der Waals surface area contributed by atoms with Gasteiger partial charge < -0.3 is 4.74 Å². The van der Waals surface area contributed by atoms with E-state index in [0.717, 1.165) is 17.0 Å². The van der Waals surface area contributed by atoms with Crippen molar-refractivity contribution in [1.82, 2.24) is 20.6 Å². The summed E-state index contributed by atoms with van der Waals surface area (Å²) in [5.41, 5.74) is 7.46. The molecule has 0 atom stereocenters. The number of hydrogen-bond acceptors (Lipinski definition) is 4. The van der Waals surface area contributed by atoms with Crippen LogP contribution in [-0.4, -0.2) is 28.2 Å². The number of aromatic nitrogens is 2. The maximum Gasteiger partial charge on any atom is 0.276 e. The van der Waals surface area contributed by atoms with Gasteiger partial charge in [-0.3, -0.25) is 25.1 Å². The Morgan fingerprint density at radius 2 is 1.84 bits per heavy atom. The van der Waals surface area contributed by atoms with Crippen molar-refractivity contribution in [3.8, 4) is 5.75 Å². The minimum Gasteiger partial charge on any atom is -0.483 e. The lowest BCUT2D eigenvalue weighted by atomic mass is 10.0. The number of aryl methyl sites for hydroxylation is 2. The van der Waals surface area contributed by atoms with Crippen molar-refractivity contribution in [3.63, 3.8) is 0 Å². The van der Waals surface area contributed by atoms with Gasteiger partial charge in [0.2, 0.25) is 0 Å². The first-order valence-corrected chi connectivity index (χ1v) is 8.17. The Bertz CT molecular complexity index is 753. The fourth-order valence-electron chi connectivity index (χ4n) is 2.42. The van der Waals surface area contributed by atoms with Crippen molar-refractivity contribution in [1.29, 1.82) is 0 Å². The van der Waals surface area contributed by atoms with Gasteiger partial charge in [0.25, 0.3) is 11.8 Å². The number of carbonyl (C=O) groups excluding carboxylic acids is 2. The van der Waals surface area contributed by atoms with Crippen LogP contribution in [0.15, 0.2) is 30.3 Å². The second-order valence-corrected chi connectivity index (χ2v) is 6.16. The van der Waals surface area contributed by atoms with Gasteiger partial charge in [0.1, 0.15) is 12.3 Å². The zero-order valence-electron chi connectivity index (χ0n) is 15.0. The van der Waals surface area contributed by atoms with Crippen LogP contribution in [0.5, 0.6) is 5.75 Å². The average molecular weight is 344 g/mol. The average Bonchev–Trinajstić information content (AvgIpc) is 2.88. The summed E-state index contributed by atoms with van der Waals surface area (Å²) in [6.45, 7) is 7.70. The first-order valence-electron chi connectivity index (χ1n) is 8.17. The number of benzene rings is 1. The molecule has 0 radical (unpaired) electrons. The highest BCUT2D eigenvalue weighted by atomic mass is 16.5. The van der Waals surface area contributed by atoms with E-state index in [1.165, 1.54) is 0 Å². The summed E-state index contributed by atoms with van der Waals surface area (Å²) in [5.74, 6) is 0.170. The molecule has 7 heteroatoms. The van der Waals surface area contributed by atoms with E-state index in [4.69, 9.17) is 4.74 Å². The number of para-hydroxylation sites is 1. The van der Waals surface area contributed by atoms with E-state index in [1.54, 1.807) is 4.68 Å². The fraction of sp³-hybridized carbons (Fsp3) is 0.389. The highest BCUT2D eigenvalue weighted by Gasteiger charge is 2.11. The summed E-state index contributed by atoms with van der Waals surface area (Å²) in [5, 5.41) is 4.20. The van der Waals surface area contributed by atoms with Crippen LogP contribution in [0.3, 0.4) is 0 Å². The summed E-state index contributed by atoms with van der Waals surface area (Å²) >= 11 is 0. The first kappa shape index (κ1) is 18.5. The van der Waals surface area contributed by atoms with Crippen LogP contribution >= 0.6 is 0 Å². The van der Waals surface area contributed by atoms with E-state index >= 15 is 0 Å². The molecule has 0 fully saturated rings. The molecule has 2 aromatic rings. The van der Waals surface area contributed by atoms with Gasteiger partial charge in [-0.25, -0.2) is 0 Å². The lowest BCUT2D eigenvalue weighted by molar-refractivity contribution is -0.130. The van der Waals surface area contributed by atoms with Crippen molar-refractivity contribution in [2.75, 3.05) is 6.61 Å². The Hall–Kier alpha value is -2.83. The first-order chi connectivity index (χ1) is 11.9. The minimum absolute atomic E-state index is 0.0387. The third kappa shape index (κ3) is 5.34. The SMILES string of the molecule is Cc1cc(C)n(CC(=O)NNC(=O)COc2ccccc2C(C)C)n1. The maximum atomic E-state index is 11.9. The highest BCUT2D eigenvalue weighted by molar-refractivity contribution is 5.82. The molecule has 7 nitrogen and oxygen atoms in total. The molecule has 0 spiro atoms. The Morgan fingerprint density at radius 1 is 1.16 bits per heavy atom. The second-order valence-electron chi connectivity index (χ2n) is 6.16. The fourth-order valence-corrected chi connectivity index (χ4v) is 2.42. The summed E-state index contributed by atoms with van der Waals surface area (Å²) in [7, 11) is 0. The molecule has 1 heterocycles. The Labute approximate surface area is 147 Å². The predicted octanol–water partition coefficient (Wildman–Crippen LogP) is 1.85. The third-order valence-electron chi connectivity index (χ3n) is 3.64. The minimum atomic E-state index is -0.430. The van der Waals surface area contributed by atoms with E-state index in [1.807, 2.05) is 44.2 Å². The molecule has 1 aromatic carbocycles. The van der Waals surface area contributed by atoms with Crippen LogP contribution < -0.4 is 15.6 Å². The van der Waals surface area contributed by atoms with Crippen molar-refractivity contribution in [2.24, 2.45) is 0 Å². The van der Waals surface area contributed by atoms with Gasteiger partial charge >= 0.3 is 0 Å². The van der Waals surface area contributed by atoms with Crippen LogP contribution in [-0.2, 0) is 16.1 Å². The van der Waals surface area contributed by atoms with Gasteiger partial charge in [-0.1, -0.05) is 32.0 Å². The normalized spacial score (nSPS) is 10.6. The highest BCUT2D eigenvalue weighted by Crippen LogP contribution is 2.25. The largest absolute Gasteiger partial charge is 0.483 e. The molecule has 2 amide bonds. The van der Waals surface area contributed by atoms with Crippen molar-refractivity contribution in [3.05, 3.63) is 47.3 Å². The molecule has 0 aliphatic heterocycles. The van der Waals surface area contributed by atoms with Gasteiger partial charge in [-0.15, -0.1) is 0 Å². The quantitative estimate of drug-likeness (QED) is 0.783. The molecule has 25 heavy (non-hydrogen) atoms. The Kier molecular flexibility index (Phi) is 6.16. The number of nitrogens with one attached hydrogen (secondary N) is 2. The molecule has 0 aliphatic carbocycles. The smallest absolute Gasteiger partial charge is 0.276 e. The summed E-state index contributed by atoms with van der Waals surface area (Å²) in [4.78, 5) is 23.7. The van der Waals surface area contributed by atoms with Gasteiger partial charge in [-0.05, 0) is 37.5 Å². The van der Waals surface area contributed by atoms with Crippen LogP contribution in [0, 0.1) is 13.8 Å². The Morgan fingerprint density at radius 3 is 2.48 bits per heavy atom. The van der Waals surface area contributed by atoms with Crippen LogP contribution in [0.1, 0.15) is 36.7 Å². The van der Waals surface area contributed by atoms with Crippen LogP contribution in [0.25, 0.3) is 0 Å². The van der Waals surface area contributed by atoms with Crippen molar-refractivity contribution < 1.29 is 14.3 Å². The molecule has 1 aromatic heterocycles. The molecule has 0 saturated carbocycles. The zero-order chi connectivity index (χ0) is 18.4. The number of ether oxygens (including phenoxy) is 1. The van der Waals surface area contributed by atoms with Crippen LogP contribution in [0.4, 0.5) is 0 Å². The van der Waals surface area contributed by atoms with E-state index in [2.05, 4.69) is 29.8 Å². The number of hydrogen-bond donors (Lipinski definition) is 2. The van der Waals surface area contributed by atoms with Crippen LogP contribution in [0.2, 0.25) is 0 Å².